The molecule has 0 aromatic carbocycles. The summed E-state index contributed by atoms with van der Waals surface area (Å²) in [6, 6.07) is 0.232. The summed E-state index contributed by atoms with van der Waals surface area (Å²) >= 11 is 0. The zero-order valence-electron chi connectivity index (χ0n) is 24.4. The van der Waals surface area contributed by atoms with E-state index in [9.17, 15) is 4.79 Å². The Morgan fingerprint density at radius 1 is 0.974 bits per heavy atom. The molecule has 2 saturated heterocycles. The summed E-state index contributed by atoms with van der Waals surface area (Å²) in [7, 11) is 0. The van der Waals surface area contributed by atoms with Gasteiger partial charge in [0, 0.05) is 25.7 Å². The number of halogens is 1. The van der Waals surface area contributed by atoms with E-state index in [4.69, 9.17) is 14.2 Å². The third-order valence-electron chi connectivity index (χ3n) is 7.28. The Balaban J connectivity index is 0.000000505. The van der Waals surface area contributed by atoms with Crippen molar-refractivity contribution in [3.63, 3.8) is 0 Å². The first-order chi connectivity index (χ1) is 17.8. The average Bonchev–Trinajstić information content (AvgIpc) is 2.86. The molecule has 4 atom stereocenters. The molecule has 7 nitrogen and oxygen atoms in total. The number of carbonyl (C=O) groups is 1. The molecular formula is C30H56ClN3O4. The highest BCUT2D eigenvalue weighted by Crippen LogP contribution is 2.27. The van der Waals surface area contributed by atoms with Crippen molar-refractivity contribution < 1.29 is 19.0 Å². The van der Waals surface area contributed by atoms with Crippen LogP contribution in [0.4, 0.5) is 4.79 Å². The number of amides is 1. The number of piperidine rings is 2. The molecule has 3 rings (SSSR count). The van der Waals surface area contributed by atoms with Gasteiger partial charge in [0.2, 0.25) is 0 Å². The Kier molecular flexibility index (Phi) is 18.2. The topological polar surface area (TPSA) is 72.1 Å². The maximum Gasteiger partial charge on any atom is 0.407 e. The van der Waals surface area contributed by atoms with Gasteiger partial charge in [-0.25, -0.2) is 4.79 Å². The van der Waals surface area contributed by atoms with Gasteiger partial charge in [0.05, 0.1) is 26.4 Å². The van der Waals surface area contributed by atoms with Crippen LogP contribution in [0.1, 0.15) is 72.1 Å². The van der Waals surface area contributed by atoms with Crippen LogP contribution in [0.3, 0.4) is 0 Å². The number of nitrogens with zero attached hydrogens (tertiary/aromatic N) is 1. The van der Waals surface area contributed by atoms with Gasteiger partial charge in [0.25, 0.3) is 0 Å². The van der Waals surface area contributed by atoms with Crippen LogP contribution in [0.5, 0.6) is 0 Å². The second kappa shape index (κ2) is 19.9. The molecule has 1 amide bonds. The summed E-state index contributed by atoms with van der Waals surface area (Å²) < 4.78 is 16.5. The molecule has 0 radical (unpaired) electrons. The predicted octanol–water partition coefficient (Wildman–Crippen LogP) is 5.59. The molecule has 0 aromatic heterocycles. The predicted molar refractivity (Wildman–Crippen MR) is 159 cm³/mol. The second-order valence-electron chi connectivity index (χ2n) is 11.9. The van der Waals surface area contributed by atoms with Crippen molar-refractivity contribution in [1.82, 2.24) is 15.5 Å². The first kappa shape index (κ1) is 34.9. The van der Waals surface area contributed by atoms with Gasteiger partial charge in [0.1, 0.15) is 5.60 Å². The van der Waals surface area contributed by atoms with Crippen LogP contribution < -0.4 is 10.6 Å². The van der Waals surface area contributed by atoms with Crippen LogP contribution in [0.2, 0.25) is 0 Å². The number of carbonyl (C=O) groups excluding carboxylic acids is 1. The van der Waals surface area contributed by atoms with Gasteiger partial charge < -0.3 is 29.7 Å². The molecule has 1 aliphatic carbocycles. The van der Waals surface area contributed by atoms with Gasteiger partial charge in [-0.05, 0) is 90.1 Å². The van der Waals surface area contributed by atoms with E-state index < -0.39 is 5.60 Å². The van der Waals surface area contributed by atoms with Crippen molar-refractivity contribution in [2.75, 3.05) is 59.2 Å². The van der Waals surface area contributed by atoms with Crippen LogP contribution in [0.25, 0.3) is 0 Å². The molecule has 0 spiro atoms. The van der Waals surface area contributed by atoms with Crippen molar-refractivity contribution >= 4 is 18.5 Å². The zero-order valence-corrected chi connectivity index (χ0v) is 25.2. The molecule has 1 saturated carbocycles. The van der Waals surface area contributed by atoms with Gasteiger partial charge >= 0.3 is 6.09 Å². The summed E-state index contributed by atoms with van der Waals surface area (Å²) in [6.45, 7) is 21.7. The van der Waals surface area contributed by atoms with Crippen LogP contribution in [0, 0.1) is 17.8 Å². The normalized spacial score (nSPS) is 26.2. The summed E-state index contributed by atoms with van der Waals surface area (Å²) in [6.07, 6.45) is 13.1. The number of ether oxygens (including phenoxy) is 3. The molecule has 8 heteroatoms. The number of hydrogen-bond donors (Lipinski definition) is 2. The molecule has 2 unspecified atom stereocenters. The summed E-state index contributed by atoms with van der Waals surface area (Å²) in [5, 5.41) is 6.50. The number of hydrogen-bond acceptors (Lipinski definition) is 6. The van der Waals surface area contributed by atoms with Crippen molar-refractivity contribution in [3.05, 3.63) is 25.3 Å². The Bertz CT molecular complexity index is 652. The van der Waals surface area contributed by atoms with E-state index in [0.29, 0.717) is 25.0 Å². The molecule has 2 aliphatic heterocycles. The molecule has 2 heterocycles. The molecule has 0 bridgehead atoms. The molecule has 3 aliphatic rings. The summed E-state index contributed by atoms with van der Waals surface area (Å²) in [5.74, 6) is 1.86. The molecule has 38 heavy (non-hydrogen) atoms. The van der Waals surface area contributed by atoms with E-state index >= 15 is 0 Å². The maximum atomic E-state index is 12.2. The van der Waals surface area contributed by atoms with E-state index in [-0.39, 0.29) is 24.5 Å². The van der Waals surface area contributed by atoms with E-state index in [1.807, 2.05) is 26.8 Å². The highest BCUT2D eigenvalue weighted by atomic mass is 35.5. The standard InChI is InChI=1S/C21H38N2O3.C9H17NO.ClH/c1-5-13-25-16-17-9-8-12-23(14-17)15-18-10-6-7-11-19(18)22-20(24)26-21(2,3)4;1-2-6-11-8-9-4-3-5-10-7-9;/h5,17-19H,1,6-16H2,2-4H3,(H,22,24);2,9-10H,1,3-8H2;1H/t17?,18-,19+;;/m0../s1. The van der Waals surface area contributed by atoms with Crippen molar-refractivity contribution in [2.24, 2.45) is 17.8 Å². The summed E-state index contributed by atoms with van der Waals surface area (Å²) in [4.78, 5) is 14.8. The largest absolute Gasteiger partial charge is 0.444 e. The first-order valence-corrected chi connectivity index (χ1v) is 14.6. The summed E-state index contributed by atoms with van der Waals surface area (Å²) in [5.41, 5.74) is -0.445. The lowest BCUT2D eigenvalue weighted by Gasteiger charge is -2.39. The number of likely N-dealkylation sites (tertiary alicyclic amines) is 1. The smallest absolute Gasteiger partial charge is 0.407 e. The van der Waals surface area contributed by atoms with Crippen LogP contribution in [-0.2, 0) is 14.2 Å². The minimum Gasteiger partial charge on any atom is -0.444 e. The van der Waals surface area contributed by atoms with Crippen LogP contribution in [0.15, 0.2) is 25.3 Å². The zero-order chi connectivity index (χ0) is 26.9. The van der Waals surface area contributed by atoms with Crippen molar-refractivity contribution in [2.45, 2.75) is 83.8 Å². The highest BCUT2D eigenvalue weighted by Gasteiger charge is 2.31. The Morgan fingerprint density at radius 3 is 2.26 bits per heavy atom. The van der Waals surface area contributed by atoms with Gasteiger partial charge in [0.15, 0.2) is 0 Å². The minimum atomic E-state index is -0.445. The lowest BCUT2D eigenvalue weighted by Crippen LogP contribution is -2.49. The number of alkyl carbamates (subject to hydrolysis) is 1. The fourth-order valence-corrected chi connectivity index (χ4v) is 5.56. The molecule has 3 fully saturated rings. The van der Waals surface area contributed by atoms with E-state index in [1.54, 1.807) is 6.08 Å². The number of nitrogens with one attached hydrogen (secondary N) is 2. The fourth-order valence-electron chi connectivity index (χ4n) is 5.56. The monoisotopic (exact) mass is 557 g/mol. The first-order valence-electron chi connectivity index (χ1n) is 14.6. The molecule has 2 N–H and O–H groups in total. The Morgan fingerprint density at radius 2 is 1.63 bits per heavy atom. The van der Waals surface area contributed by atoms with E-state index in [0.717, 1.165) is 51.7 Å². The third kappa shape index (κ3) is 15.5. The van der Waals surface area contributed by atoms with Crippen LogP contribution in [-0.4, -0.2) is 81.8 Å². The molecule has 0 aromatic rings. The SMILES string of the molecule is C=CCOCC1CCCN(C[C@@H]2CCCC[C@H]2NC(=O)OC(C)(C)C)C1.C=CCOCC1CCCNC1.Cl. The highest BCUT2D eigenvalue weighted by molar-refractivity contribution is 5.85. The second-order valence-corrected chi connectivity index (χ2v) is 11.9. The maximum absolute atomic E-state index is 12.2. The van der Waals surface area contributed by atoms with Gasteiger partial charge in [-0.1, -0.05) is 25.0 Å². The van der Waals surface area contributed by atoms with Crippen molar-refractivity contribution in [1.29, 1.82) is 0 Å². The Labute approximate surface area is 238 Å². The van der Waals surface area contributed by atoms with Crippen LogP contribution >= 0.6 is 12.4 Å². The van der Waals surface area contributed by atoms with Gasteiger partial charge in [-0.15, -0.1) is 25.6 Å². The average molecular weight is 558 g/mol. The Hall–Kier alpha value is -1.12. The number of rotatable bonds is 11. The van der Waals surface area contributed by atoms with E-state index in [2.05, 4.69) is 28.7 Å². The van der Waals surface area contributed by atoms with E-state index in [1.165, 1.54) is 51.5 Å². The van der Waals surface area contributed by atoms with Gasteiger partial charge in [-0.2, -0.15) is 0 Å². The molecule has 222 valence electrons. The minimum absolute atomic E-state index is 0. The third-order valence-corrected chi connectivity index (χ3v) is 7.28. The lowest BCUT2D eigenvalue weighted by atomic mass is 9.83. The lowest BCUT2D eigenvalue weighted by molar-refractivity contribution is 0.0414. The van der Waals surface area contributed by atoms with Crippen molar-refractivity contribution in [3.8, 4) is 0 Å². The van der Waals surface area contributed by atoms with Gasteiger partial charge in [-0.3, -0.25) is 0 Å². The fraction of sp³-hybridized carbons (Fsp3) is 0.833. The quantitative estimate of drug-likeness (QED) is 0.255. The molecular weight excluding hydrogens is 502 g/mol.